The molecule has 17 heavy (non-hydrogen) atoms. The van der Waals surface area contributed by atoms with Crippen molar-refractivity contribution < 1.29 is 9.94 Å². The molecule has 86 valence electrons. The summed E-state index contributed by atoms with van der Waals surface area (Å²) in [7, 11) is 0. The second-order valence-electron chi connectivity index (χ2n) is 3.59. The van der Waals surface area contributed by atoms with Crippen molar-refractivity contribution in [3.63, 3.8) is 0 Å². The van der Waals surface area contributed by atoms with E-state index in [0.29, 0.717) is 6.61 Å². The van der Waals surface area contributed by atoms with Gasteiger partial charge in [0.2, 0.25) is 0 Å². The average Bonchev–Trinajstić information content (AvgIpc) is 2.39. The summed E-state index contributed by atoms with van der Waals surface area (Å²) in [6.45, 7) is 0.528. The van der Waals surface area contributed by atoms with Gasteiger partial charge in [-0.1, -0.05) is 47.6 Å². The highest BCUT2D eigenvalue weighted by molar-refractivity contribution is 5.79. The van der Waals surface area contributed by atoms with Crippen LogP contribution in [-0.4, -0.2) is 11.4 Å². The van der Waals surface area contributed by atoms with Gasteiger partial charge in [0.15, 0.2) is 0 Å². The molecule has 0 spiro atoms. The largest absolute Gasteiger partial charge is 0.489 e. The third-order valence-electron chi connectivity index (χ3n) is 2.31. The number of hydrogen-bond donors (Lipinski definition) is 1. The minimum Gasteiger partial charge on any atom is -0.489 e. The zero-order chi connectivity index (χ0) is 11.9. The van der Waals surface area contributed by atoms with Crippen molar-refractivity contribution in [2.45, 2.75) is 6.61 Å². The van der Waals surface area contributed by atoms with Crippen molar-refractivity contribution in [1.29, 1.82) is 0 Å². The van der Waals surface area contributed by atoms with Gasteiger partial charge < -0.3 is 9.94 Å². The maximum atomic E-state index is 8.45. The summed E-state index contributed by atoms with van der Waals surface area (Å²) in [5.41, 5.74) is 1.92. The van der Waals surface area contributed by atoms with Crippen LogP contribution in [0.4, 0.5) is 0 Å². The number of hydrogen-bond acceptors (Lipinski definition) is 3. The first-order valence-corrected chi connectivity index (χ1v) is 5.33. The van der Waals surface area contributed by atoms with Gasteiger partial charge in [-0.2, -0.15) is 0 Å². The standard InChI is InChI=1S/C14H13NO2/c16-15-10-13-7-4-8-14(9-13)17-11-12-5-2-1-3-6-12/h1-10,16H,11H2/b15-10-. The molecule has 3 heteroatoms. The van der Waals surface area contributed by atoms with E-state index in [4.69, 9.17) is 9.94 Å². The summed E-state index contributed by atoms with van der Waals surface area (Å²) in [5, 5.41) is 11.4. The molecule has 0 saturated heterocycles. The molecule has 1 N–H and O–H groups in total. The lowest BCUT2D eigenvalue weighted by atomic mass is 10.2. The maximum Gasteiger partial charge on any atom is 0.120 e. The Morgan fingerprint density at radius 2 is 1.88 bits per heavy atom. The van der Waals surface area contributed by atoms with E-state index in [9.17, 15) is 0 Å². The zero-order valence-corrected chi connectivity index (χ0v) is 9.28. The first-order valence-electron chi connectivity index (χ1n) is 5.33. The van der Waals surface area contributed by atoms with Crippen LogP contribution in [0.15, 0.2) is 59.8 Å². The van der Waals surface area contributed by atoms with Crippen LogP contribution in [0.3, 0.4) is 0 Å². The fourth-order valence-corrected chi connectivity index (χ4v) is 1.49. The molecule has 0 aliphatic rings. The molecule has 0 aliphatic carbocycles. The van der Waals surface area contributed by atoms with Gasteiger partial charge >= 0.3 is 0 Å². The highest BCUT2D eigenvalue weighted by Crippen LogP contribution is 2.14. The molecule has 0 heterocycles. The lowest BCUT2D eigenvalue weighted by Gasteiger charge is -2.06. The third kappa shape index (κ3) is 3.34. The van der Waals surface area contributed by atoms with Crippen molar-refractivity contribution in [2.75, 3.05) is 0 Å². The van der Waals surface area contributed by atoms with Gasteiger partial charge in [-0.25, -0.2) is 0 Å². The Labute approximate surface area is 100.0 Å². The molecule has 0 amide bonds. The van der Waals surface area contributed by atoms with E-state index in [0.717, 1.165) is 16.9 Å². The number of oxime groups is 1. The van der Waals surface area contributed by atoms with Gasteiger partial charge in [-0.3, -0.25) is 0 Å². The first kappa shape index (κ1) is 11.2. The van der Waals surface area contributed by atoms with E-state index >= 15 is 0 Å². The zero-order valence-electron chi connectivity index (χ0n) is 9.28. The average molecular weight is 227 g/mol. The SMILES string of the molecule is O/N=C\c1cccc(OCc2ccccc2)c1. The highest BCUT2D eigenvalue weighted by atomic mass is 16.5. The normalized spacial score (nSPS) is 10.6. The molecule has 0 unspecified atom stereocenters. The molecule has 0 aromatic heterocycles. The molecule has 0 aliphatic heterocycles. The molecule has 3 nitrogen and oxygen atoms in total. The lowest BCUT2D eigenvalue weighted by Crippen LogP contribution is -1.95. The number of rotatable bonds is 4. The summed E-state index contributed by atoms with van der Waals surface area (Å²) < 4.78 is 5.64. The summed E-state index contributed by atoms with van der Waals surface area (Å²) >= 11 is 0. The van der Waals surface area contributed by atoms with E-state index in [-0.39, 0.29) is 0 Å². The van der Waals surface area contributed by atoms with E-state index in [1.807, 2.05) is 54.6 Å². The molecule has 0 bridgehead atoms. The van der Waals surface area contributed by atoms with Crippen LogP contribution in [0.2, 0.25) is 0 Å². The van der Waals surface area contributed by atoms with Crippen LogP contribution < -0.4 is 4.74 Å². The molecule has 2 rings (SSSR count). The lowest BCUT2D eigenvalue weighted by molar-refractivity contribution is 0.306. The van der Waals surface area contributed by atoms with Gasteiger partial charge in [-0.15, -0.1) is 0 Å². The van der Waals surface area contributed by atoms with Crippen molar-refractivity contribution in [2.24, 2.45) is 5.16 Å². The first-order chi connectivity index (χ1) is 8.38. The maximum absolute atomic E-state index is 8.45. The fourth-order valence-electron chi connectivity index (χ4n) is 1.49. The molecule has 2 aromatic rings. The molecule has 0 radical (unpaired) electrons. The van der Waals surface area contributed by atoms with Crippen molar-refractivity contribution in [3.05, 3.63) is 65.7 Å². The minimum absolute atomic E-state index is 0.528. The van der Waals surface area contributed by atoms with Crippen molar-refractivity contribution in [3.8, 4) is 5.75 Å². The Kier molecular flexibility index (Phi) is 3.76. The summed E-state index contributed by atoms with van der Waals surface area (Å²) in [4.78, 5) is 0. The summed E-state index contributed by atoms with van der Waals surface area (Å²) in [6.07, 6.45) is 1.37. The van der Waals surface area contributed by atoms with Gasteiger partial charge in [0.05, 0.1) is 6.21 Å². The predicted molar refractivity (Wildman–Crippen MR) is 66.6 cm³/mol. The van der Waals surface area contributed by atoms with Gasteiger partial charge in [0.1, 0.15) is 12.4 Å². The van der Waals surface area contributed by atoms with E-state index in [1.54, 1.807) is 0 Å². The highest BCUT2D eigenvalue weighted by Gasteiger charge is 1.96. The van der Waals surface area contributed by atoms with Crippen LogP contribution in [0, 0.1) is 0 Å². The molecule has 0 fully saturated rings. The molecular formula is C14H13NO2. The van der Waals surface area contributed by atoms with E-state index in [1.165, 1.54) is 6.21 Å². The smallest absolute Gasteiger partial charge is 0.120 e. The molecule has 0 atom stereocenters. The fraction of sp³-hybridized carbons (Fsp3) is 0.0714. The van der Waals surface area contributed by atoms with Gasteiger partial charge in [0, 0.05) is 0 Å². The second kappa shape index (κ2) is 5.70. The Hall–Kier alpha value is -2.29. The number of ether oxygens (including phenoxy) is 1. The second-order valence-corrected chi connectivity index (χ2v) is 3.59. The van der Waals surface area contributed by atoms with Crippen LogP contribution in [0.5, 0.6) is 5.75 Å². The van der Waals surface area contributed by atoms with Crippen molar-refractivity contribution >= 4 is 6.21 Å². The quantitative estimate of drug-likeness (QED) is 0.495. The summed E-state index contributed by atoms with van der Waals surface area (Å²) in [6, 6.07) is 17.4. The minimum atomic E-state index is 0.528. The van der Waals surface area contributed by atoms with Gasteiger partial charge in [0.25, 0.3) is 0 Å². The molecule has 0 saturated carbocycles. The predicted octanol–water partition coefficient (Wildman–Crippen LogP) is 3.07. The van der Waals surface area contributed by atoms with Crippen LogP contribution in [-0.2, 0) is 6.61 Å². The van der Waals surface area contributed by atoms with Crippen LogP contribution >= 0.6 is 0 Å². The molecule has 2 aromatic carbocycles. The monoisotopic (exact) mass is 227 g/mol. The Balaban J connectivity index is 2.02. The van der Waals surface area contributed by atoms with E-state index in [2.05, 4.69) is 5.16 Å². The van der Waals surface area contributed by atoms with Gasteiger partial charge in [-0.05, 0) is 23.3 Å². The Morgan fingerprint density at radius 1 is 1.06 bits per heavy atom. The van der Waals surface area contributed by atoms with Crippen LogP contribution in [0.1, 0.15) is 11.1 Å². The number of nitrogens with zero attached hydrogens (tertiary/aromatic N) is 1. The van der Waals surface area contributed by atoms with E-state index < -0.39 is 0 Å². The Bertz CT molecular complexity index is 495. The number of benzene rings is 2. The third-order valence-corrected chi connectivity index (χ3v) is 2.31. The topological polar surface area (TPSA) is 41.8 Å². The Morgan fingerprint density at radius 3 is 2.65 bits per heavy atom. The van der Waals surface area contributed by atoms with Crippen LogP contribution in [0.25, 0.3) is 0 Å². The molecular weight excluding hydrogens is 214 g/mol. The summed E-state index contributed by atoms with van der Waals surface area (Å²) in [5.74, 6) is 0.756. The van der Waals surface area contributed by atoms with Crippen molar-refractivity contribution in [1.82, 2.24) is 0 Å².